The van der Waals surface area contributed by atoms with Crippen molar-refractivity contribution in [1.82, 2.24) is 0 Å². The number of hydrogen-bond acceptors (Lipinski definition) is 0. The molecule has 1 spiro atoms. The van der Waals surface area contributed by atoms with Crippen LogP contribution in [0.25, 0.3) is 0 Å². The fourth-order valence-corrected chi connectivity index (χ4v) is 10.9. The maximum absolute atomic E-state index is 2.50. The molecule has 4 aliphatic rings. The molecule has 3 bridgehead atoms. The van der Waals surface area contributed by atoms with Crippen LogP contribution in [-0.2, 0) is 21.7 Å². The van der Waals surface area contributed by atoms with Gasteiger partial charge in [0.1, 0.15) is 0 Å². The highest BCUT2D eigenvalue weighted by atomic mass is 14.9. The van der Waals surface area contributed by atoms with Crippen LogP contribution in [0.1, 0.15) is 83.0 Å². The Morgan fingerprint density at radius 2 is 0.641 bits per heavy atom. The second-order valence-electron chi connectivity index (χ2n) is 14.3. The van der Waals surface area contributed by atoms with E-state index in [0.29, 0.717) is 0 Å². The van der Waals surface area contributed by atoms with Crippen molar-refractivity contribution in [1.29, 1.82) is 0 Å². The Labute approximate surface area is 234 Å². The molecular weight excluding hydrogens is 468 g/mol. The molecule has 0 amide bonds. The summed E-state index contributed by atoms with van der Waals surface area (Å²) in [6.07, 6.45) is 7.76. The van der Waals surface area contributed by atoms with Crippen LogP contribution in [0.3, 0.4) is 0 Å². The second-order valence-corrected chi connectivity index (χ2v) is 14.3. The zero-order valence-corrected chi connectivity index (χ0v) is 24.0. The van der Waals surface area contributed by atoms with Crippen molar-refractivity contribution in [3.05, 3.63) is 142 Å². The highest BCUT2D eigenvalue weighted by molar-refractivity contribution is 5.59. The molecule has 4 aromatic rings. The van der Waals surface area contributed by atoms with Gasteiger partial charge >= 0.3 is 0 Å². The summed E-state index contributed by atoms with van der Waals surface area (Å²) in [5.41, 5.74) is 13.0. The Balaban J connectivity index is 1.41. The lowest BCUT2D eigenvalue weighted by molar-refractivity contribution is -0.0690. The van der Waals surface area contributed by atoms with Crippen molar-refractivity contribution < 1.29 is 0 Å². The summed E-state index contributed by atoms with van der Waals surface area (Å²) in [7, 11) is 0. The summed E-state index contributed by atoms with van der Waals surface area (Å²) < 4.78 is 0. The molecule has 4 saturated carbocycles. The van der Waals surface area contributed by atoms with Crippen molar-refractivity contribution in [2.45, 2.75) is 87.9 Å². The zero-order valence-electron chi connectivity index (χ0n) is 24.0. The molecule has 4 unspecified atom stereocenters. The van der Waals surface area contributed by atoms with Crippen molar-refractivity contribution in [2.75, 3.05) is 0 Å². The molecule has 0 aliphatic heterocycles. The van der Waals surface area contributed by atoms with Gasteiger partial charge in [-0.05, 0) is 105 Å². The van der Waals surface area contributed by atoms with E-state index >= 15 is 0 Å². The molecule has 4 fully saturated rings. The Bertz CT molecular complexity index is 1440. The van der Waals surface area contributed by atoms with E-state index in [1.165, 1.54) is 60.8 Å². The molecule has 0 heterocycles. The molecular formula is C39H40. The molecule has 196 valence electrons. The lowest BCUT2D eigenvalue weighted by Gasteiger charge is -2.67. The molecule has 0 saturated heterocycles. The van der Waals surface area contributed by atoms with E-state index in [0.717, 1.165) is 0 Å². The number of aryl methyl sites for hydroxylation is 4. The SMILES string of the molecule is Cc1ccc(C23CC4(c5ccc(C)cc5)CC5(c6ccc(C)cc6)CC(c6ccc(C)cc6)(C2)C5(C3)C4)cc1. The minimum atomic E-state index is 0.213. The van der Waals surface area contributed by atoms with Gasteiger partial charge in [0.15, 0.2) is 0 Å². The molecule has 0 nitrogen and oxygen atoms in total. The molecule has 4 aromatic carbocycles. The van der Waals surface area contributed by atoms with Crippen LogP contribution < -0.4 is 0 Å². The van der Waals surface area contributed by atoms with Gasteiger partial charge in [-0.1, -0.05) is 119 Å². The van der Waals surface area contributed by atoms with Crippen molar-refractivity contribution in [3.8, 4) is 0 Å². The van der Waals surface area contributed by atoms with Crippen LogP contribution >= 0.6 is 0 Å². The number of benzene rings is 4. The van der Waals surface area contributed by atoms with E-state index in [4.69, 9.17) is 0 Å². The van der Waals surface area contributed by atoms with Gasteiger partial charge in [0.05, 0.1) is 0 Å². The average molecular weight is 509 g/mol. The summed E-state index contributed by atoms with van der Waals surface area (Å²) in [6, 6.07) is 38.9. The third kappa shape index (κ3) is 2.86. The first-order valence-electron chi connectivity index (χ1n) is 15.0. The molecule has 39 heavy (non-hydrogen) atoms. The lowest BCUT2D eigenvalue weighted by Crippen LogP contribution is -2.65. The van der Waals surface area contributed by atoms with Gasteiger partial charge in [-0.3, -0.25) is 0 Å². The van der Waals surface area contributed by atoms with E-state index in [1.807, 2.05) is 0 Å². The van der Waals surface area contributed by atoms with E-state index in [-0.39, 0.29) is 27.1 Å². The van der Waals surface area contributed by atoms with Crippen LogP contribution in [0.15, 0.2) is 97.1 Å². The summed E-state index contributed by atoms with van der Waals surface area (Å²) in [4.78, 5) is 0. The first-order chi connectivity index (χ1) is 18.7. The molecule has 0 radical (unpaired) electrons. The second kappa shape index (κ2) is 7.54. The van der Waals surface area contributed by atoms with Gasteiger partial charge in [-0.25, -0.2) is 0 Å². The number of fused-ring (bicyclic) bond motifs is 2. The quantitative estimate of drug-likeness (QED) is 0.258. The van der Waals surface area contributed by atoms with E-state index in [1.54, 1.807) is 22.3 Å². The molecule has 8 rings (SSSR count). The number of hydrogen-bond donors (Lipinski definition) is 0. The third-order valence-corrected chi connectivity index (χ3v) is 12.2. The van der Waals surface area contributed by atoms with Gasteiger partial charge in [-0.15, -0.1) is 0 Å². The minimum absolute atomic E-state index is 0.213. The van der Waals surface area contributed by atoms with Crippen molar-refractivity contribution in [2.24, 2.45) is 5.41 Å². The van der Waals surface area contributed by atoms with Gasteiger partial charge in [0.25, 0.3) is 0 Å². The van der Waals surface area contributed by atoms with Crippen molar-refractivity contribution in [3.63, 3.8) is 0 Å². The monoisotopic (exact) mass is 508 g/mol. The van der Waals surface area contributed by atoms with Gasteiger partial charge in [-0.2, -0.15) is 0 Å². The largest absolute Gasteiger partial charge is 0.0590 e. The molecule has 0 heteroatoms. The van der Waals surface area contributed by atoms with Crippen LogP contribution in [0, 0.1) is 33.1 Å². The Kier molecular flexibility index (Phi) is 4.59. The van der Waals surface area contributed by atoms with Crippen LogP contribution in [-0.4, -0.2) is 0 Å². The third-order valence-electron chi connectivity index (χ3n) is 12.2. The number of rotatable bonds is 4. The highest BCUT2D eigenvalue weighted by Gasteiger charge is 2.87. The zero-order chi connectivity index (χ0) is 26.7. The molecule has 4 atom stereocenters. The van der Waals surface area contributed by atoms with E-state index < -0.39 is 0 Å². The maximum atomic E-state index is 2.50. The molecule has 0 N–H and O–H groups in total. The Hall–Kier alpha value is -3.12. The summed E-state index contributed by atoms with van der Waals surface area (Å²) in [5, 5.41) is 0. The highest BCUT2D eigenvalue weighted by Crippen LogP contribution is 2.90. The minimum Gasteiger partial charge on any atom is -0.0590 e. The Morgan fingerprint density at radius 1 is 0.333 bits per heavy atom. The normalized spacial score (nSPS) is 35.6. The van der Waals surface area contributed by atoms with E-state index in [9.17, 15) is 0 Å². The van der Waals surface area contributed by atoms with Crippen LogP contribution in [0.5, 0.6) is 0 Å². The predicted molar refractivity (Wildman–Crippen MR) is 162 cm³/mol. The molecule has 4 aliphatic carbocycles. The molecule has 0 aromatic heterocycles. The average Bonchev–Trinajstić information content (AvgIpc) is 3.22. The summed E-state index contributed by atoms with van der Waals surface area (Å²) in [6.45, 7) is 8.92. The standard InChI is InChI=1S/C39H40/c1-27-5-13-31(14-6-27)35-21-36(32-15-7-28(2)8-16-32)23-38(34-19-11-30(4)12-20-34)26-37(22-35,39(38,24-35)25-36)33-17-9-29(3)10-18-33/h5-20H,21-26H2,1-4H3. The first-order valence-corrected chi connectivity index (χ1v) is 15.0. The van der Waals surface area contributed by atoms with Crippen molar-refractivity contribution >= 4 is 0 Å². The fraction of sp³-hybridized carbons (Fsp3) is 0.385. The van der Waals surface area contributed by atoms with Gasteiger partial charge in [0.2, 0.25) is 0 Å². The predicted octanol–water partition coefficient (Wildman–Crippen LogP) is 9.35. The summed E-state index contributed by atoms with van der Waals surface area (Å²) >= 11 is 0. The van der Waals surface area contributed by atoms with Crippen LogP contribution in [0.4, 0.5) is 0 Å². The lowest BCUT2D eigenvalue weighted by atomic mass is 9.35. The van der Waals surface area contributed by atoms with E-state index in [2.05, 4.69) is 125 Å². The fourth-order valence-electron chi connectivity index (χ4n) is 10.9. The summed E-state index contributed by atoms with van der Waals surface area (Å²) in [5.74, 6) is 0. The maximum Gasteiger partial charge on any atom is 0.00357 e. The topological polar surface area (TPSA) is 0 Å². The first kappa shape index (κ1) is 23.7. The van der Waals surface area contributed by atoms with Gasteiger partial charge in [0, 0.05) is 10.8 Å². The van der Waals surface area contributed by atoms with Crippen LogP contribution in [0.2, 0.25) is 0 Å². The van der Waals surface area contributed by atoms with Gasteiger partial charge < -0.3 is 0 Å². The Morgan fingerprint density at radius 3 is 0.974 bits per heavy atom. The smallest absolute Gasteiger partial charge is 0.00357 e.